The van der Waals surface area contributed by atoms with Gasteiger partial charge in [0.2, 0.25) is 0 Å². The van der Waals surface area contributed by atoms with Gasteiger partial charge in [-0.3, -0.25) is 4.79 Å². The fraction of sp³-hybridized carbons (Fsp3) is 0.980. The van der Waals surface area contributed by atoms with Crippen LogP contribution in [0.4, 0.5) is 0 Å². The van der Waals surface area contributed by atoms with Crippen molar-refractivity contribution in [1.29, 1.82) is 0 Å². The fourth-order valence-electron chi connectivity index (χ4n) is 16.7. The summed E-state index contributed by atoms with van der Waals surface area (Å²) in [6.07, 6.45) is -15.2. The summed E-state index contributed by atoms with van der Waals surface area (Å²) < 4.78 is 49.5. The first-order valence-corrected chi connectivity index (χ1v) is 25.1. The molecule has 10 N–H and O–H groups in total. The van der Waals surface area contributed by atoms with Crippen LogP contribution < -0.4 is 0 Å². The third kappa shape index (κ3) is 7.64. The van der Waals surface area contributed by atoms with Gasteiger partial charge in [-0.1, -0.05) is 27.7 Å². The second kappa shape index (κ2) is 17.5. The summed E-state index contributed by atoms with van der Waals surface area (Å²) in [5, 5.41) is 109. The summed E-state index contributed by atoms with van der Waals surface area (Å²) >= 11 is 0. The maximum Gasteiger partial charge on any atom is 0.303 e. The van der Waals surface area contributed by atoms with E-state index in [1.54, 1.807) is 0 Å². The van der Waals surface area contributed by atoms with Crippen LogP contribution in [0.1, 0.15) is 120 Å². The van der Waals surface area contributed by atoms with Gasteiger partial charge in [-0.25, -0.2) is 0 Å². The maximum absolute atomic E-state index is 12.6. The van der Waals surface area contributed by atoms with Gasteiger partial charge in [0, 0.05) is 12.8 Å². The molecule has 0 amide bonds. The molecule has 4 aliphatic heterocycles. The lowest BCUT2D eigenvalue weighted by Gasteiger charge is -2.64. The molecule has 26 unspecified atom stereocenters. The number of aliphatic hydroxyl groups excluding tert-OH is 10. The number of rotatable bonds is 10. The molecule has 0 aromatic carbocycles. The minimum Gasteiger partial charge on any atom is -0.457 e. The van der Waals surface area contributed by atoms with Crippen molar-refractivity contribution < 1.29 is 93.8 Å². The lowest BCUT2D eigenvalue weighted by atomic mass is 9.41. The molecule has 19 heteroatoms. The molecule has 0 aromatic rings. The van der Waals surface area contributed by atoms with Gasteiger partial charge in [-0.05, 0) is 124 Å². The van der Waals surface area contributed by atoms with Crippen LogP contribution in [-0.2, 0) is 42.7 Å². The summed E-state index contributed by atoms with van der Waals surface area (Å²) in [6.45, 7) is 16.5. The molecule has 4 saturated heterocycles. The van der Waals surface area contributed by atoms with Gasteiger partial charge in [0.15, 0.2) is 31.1 Å². The second-order valence-electron chi connectivity index (χ2n) is 24.4. The van der Waals surface area contributed by atoms with Gasteiger partial charge >= 0.3 is 5.97 Å². The highest BCUT2D eigenvalue weighted by Gasteiger charge is 2.85. The summed E-state index contributed by atoms with van der Waals surface area (Å²) in [5.41, 5.74) is -3.38. The molecule has 9 fully saturated rings. The van der Waals surface area contributed by atoms with E-state index in [0.29, 0.717) is 32.1 Å². The molecule has 5 aliphatic carbocycles. The largest absolute Gasteiger partial charge is 0.457 e. The second-order valence-corrected chi connectivity index (χ2v) is 24.4. The van der Waals surface area contributed by atoms with Crippen LogP contribution in [0.5, 0.6) is 0 Å². The van der Waals surface area contributed by atoms with Gasteiger partial charge in [-0.2, -0.15) is 0 Å². The van der Waals surface area contributed by atoms with E-state index < -0.39 is 140 Å². The molecule has 2 spiro atoms. The Kier molecular flexibility index (Phi) is 13.3. The van der Waals surface area contributed by atoms with Crippen LogP contribution in [0.3, 0.4) is 0 Å². The van der Waals surface area contributed by atoms with Crippen LogP contribution in [0.25, 0.3) is 0 Å². The highest BCUT2D eigenvalue weighted by atomic mass is 16.8. The average Bonchev–Trinajstić information content (AvgIpc) is 3.62. The molecule has 9 rings (SSSR count). The van der Waals surface area contributed by atoms with Crippen molar-refractivity contribution in [2.24, 2.45) is 44.8 Å². The molecule has 390 valence electrons. The van der Waals surface area contributed by atoms with Crippen molar-refractivity contribution in [1.82, 2.24) is 0 Å². The number of ether oxygens (including phenoxy) is 8. The van der Waals surface area contributed by atoms with E-state index in [9.17, 15) is 55.9 Å². The van der Waals surface area contributed by atoms with Crippen LogP contribution in [0.15, 0.2) is 0 Å². The third-order valence-electron chi connectivity index (χ3n) is 20.1. The molecule has 0 radical (unpaired) electrons. The Labute approximate surface area is 398 Å². The molecular formula is C49H80O19. The lowest BCUT2D eigenvalue weighted by molar-refractivity contribution is -0.364. The molecular weight excluding hydrogens is 893 g/mol. The fourth-order valence-corrected chi connectivity index (χ4v) is 16.7. The number of hydrogen-bond donors (Lipinski definition) is 10. The predicted octanol–water partition coefficient (Wildman–Crippen LogP) is 0.147. The van der Waals surface area contributed by atoms with Gasteiger partial charge in [0.1, 0.15) is 48.8 Å². The first-order chi connectivity index (χ1) is 31.6. The first-order valence-electron chi connectivity index (χ1n) is 25.1. The number of hydrogen-bond acceptors (Lipinski definition) is 19. The molecule has 0 bridgehead atoms. The van der Waals surface area contributed by atoms with Gasteiger partial charge < -0.3 is 89.0 Å². The van der Waals surface area contributed by atoms with Gasteiger partial charge in [0.25, 0.3) is 0 Å². The van der Waals surface area contributed by atoms with E-state index in [1.807, 2.05) is 13.8 Å². The smallest absolute Gasteiger partial charge is 0.303 e. The zero-order valence-corrected chi connectivity index (χ0v) is 41.0. The highest BCUT2D eigenvalue weighted by Crippen LogP contribution is 2.89. The molecule has 19 nitrogen and oxygen atoms in total. The van der Waals surface area contributed by atoms with Crippen molar-refractivity contribution in [3.63, 3.8) is 0 Å². The van der Waals surface area contributed by atoms with E-state index in [4.69, 9.17) is 37.9 Å². The van der Waals surface area contributed by atoms with Crippen LogP contribution in [0.2, 0.25) is 0 Å². The number of carbonyl (C=O) groups excluding carboxylic acids is 1. The van der Waals surface area contributed by atoms with Crippen molar-refractivity contribution >= 4 is 5.97 Å². The predicted molar refractivity (Wildman–Crippen MR) is 235 cm³/mol. The Morgan fingerprint density at radius 1 is 0.691 bits per heavy atom. The standard InChI is InChI=1S/C49H80O19/c1-21-30(55)32(57)34(59)40(62-21)66-37-36(63-22(2)51)25(54)19-61-42(37)65-28-11-13-49-20-48(49)15-14-45(7)39(24(53)17-46(45,8)27(48)16-23(52)38(49)43(28,3)4)47(9)12-10-29(67-47)44(5,6)68-41-35(60)33(58)31(56)26(18-50)64-41/h21,23-42,50,52-60H,10-20H2,1-9H3. The monoisotopic (exact) mass is 973 g/mol. The SMILES string of the molecule is CC(=O)OC1C(O)COC(OC2CCC34CC35CCC3(C)C(C6(C)CCC(C(C)(C)OC7OC(CO)C(O)C(O)C7O)O6)C(O)CC3(C)C5CC(O)C4C2(C)C)C1OC1OC(C)C(O)C(O)C1O. The van der Waals surface area contributed by atoms with Crippen LogP contribution >= 0.6 is 0 Å². The Balaban J connectivity index is 0.920. The minimum atomic E-state index is -1.68. The zero-order chi connectivity index (χ0) is 49.6. The molecule has 26 atom stereocenters. The molecule has 9 aliphatic rings. The van der Waals surface area contributed by atoms with Crippen molar-refractivity contribution in [3.8, 4) is 0 Å². The van der Waals surface area contributed by atoms with E-state index in [1.165, 1.54) is 13.8 Å². The summed E-state index contributed by atoms with van der Waals surface area (Å²) in [6, 6.07) is 0. The van der Waals surface area contributed by atoms with Crippen LogP contribution in [-0.4, -0.2) is 192 Å². The summed E-state index contributed by atoms with van der Waals surface area (Å²) in [7, 11) is 0. The Morgan fingerprint density at radius 2 is 1.37 bits per heavy atom. The summed E-state index contributed by atoms with van der Waals surface area (Å²) in [5.74, 6) is -0.982. The Hall–Kier alpha value is -1.21. The Bertz CT molecular complexity index is 1870. The van der Waals surface area contributed by atoms with E-state index in [-0.39, 0.29) is 46.0 Å². The maximum atomic E-state index is 12.6. The number of carbonyl (C=O) groups is 1. The van der Waals surface area contributed by atoms with Crippen molar-refractivity contribution in [3.05, 3.63) is 0 Å². The lowest BCUT2D eigenvalue weighted by Crippen LogP contribution is -2.64. The van der Waals surface area contributed by atoms with E-state index in [2.05, 4.69) is 34.6 Å². The zero-order valence-electron chi connectivity index (χ0n) is 41.0. The topological polar surface area (TPSA) is 293 Å². The van der Waals surface area contributed by atoms with E-state index >= 15 is 0 Å². The summed E-state index contributed by atoms with van der Waals surface area (Å²) in [4.78, 5) is 12.3. The number of fused-ring (bicyclic) bond motifs is 2. The molecule has 68 heavy (non-hydrogen) atoms. The Morgan fingerprint density at radius 3 is 2.04 bits per heavy atom. The van der Waals surface area contributed by atoms with Gasteiger partial charge in [-0.15, -0.1) is 0 Å². The first kappa shape index (κ1) is 51.7. The van der Waals surface area contributed by atoms with Gasteiger partial charge in [0.05, 0.1) is 54.9 Å². The minimum absolute atomic E-state index is 0.0721. The average molecular weight is 973 g/mol. The number of esters is 1. The highest BCUT2D eigenvalue weighted by molar-refractivity contribution is 5.66. The number of aliphatic hydroxyl groups is 10. The third-order valence-corrected chi connectivity index (χ3v) is 20.1. The molecule has 4 heterocycles. The molecule has 0 aromatic heterocycles. The van der Waals surface area contributed by atoms with Crippen molar-refractivity contribution in [2.75, 3.05) is 13.2 Å². The quantitative estimate of drug-likeness (QED) is 0.103. The van der Waals surface area contributed by atoms with Crippen LogP contribution in [0, 0.1) is 44.8 Å². The normalized spacial score (nSPS) is 56.5. The molecule has 5 saturated carbocycles. The van der Waals surface area contributed by atoms with E-state index in [0.717, 1.165) is 25.7 Å². The van der Waals surface area contributed by atoms with Crippen molar-refractivity contribution in [2.45, 2.75) is 242 Å².